The molecule has 0 amide bonds. The van der Waals surface area contributed by atoms with Crippen LogP contribution >= 0.6 is 0 Å². The van der Waals surface area contributed by atoms with Gasteiger partial charge in [0.25, 0.3) is 0 Å². The van der Waals surface area contributed by atoms with Crippen LogP contribution in [0.3, 0.4) is 0 Å². The van der Waals surface area contributed by atoms with Gasteiger partial charge in [-0.3, -0.25) is 0 Å². The van der Waals surface area contributed by atoms with Crippen LogP contribution in [0, 0.1) is 0 Å². The van der Waals surface area contributed by atoms with Gasteiger partial charge in [-0.1, -0.05) is 632 Å². The van der Waals surface area contributed by atoms with E-state index in [1.165, 1.54) is 411 Å². The summed E-state index contributed by atoms with van der Waals surface area (Å²) in [6.45, 7) is 71.4. The first-order valence-electron chi connectivity index (χ1n) is 46.6. The van der Waals surface area contributed by atoms with Gasteiger partial charge in [0.1, 0.15) is 0 Å². The summed E-state index contributed by atoms with van der Waals surface area (Å²) in [4.78, 5) is 0. The van der Waals surface area contributed by atoms with Gasteiger partial charge in [-0.05, 0) is 0 Å². The molecule has 0 atom stereocenters. The maximum atomic E-state index is 2.23. The predicted octanol–water partition coefficient (Wildman–Crippen LogP) is 40.6. The Hall–Kier alpha value is -0.0400. The molecule has 0 aromatic carbocycles. The molecule has 0 radical (unpaired) electrons. The minimum Gasteiger partial charge on any atom is -0.412 e. The largest absolute Gasteiger partial charge is 0.412 e. The lowest BCUT2D eigenvalue weighted by atomic mass is 10.2. The SMILES string of the molecule is CCCCCC.CCCCCC.CCCCCC.CCCCCC.CCCCCC.CCCCCC.CCCCCC.CCCCCC.CCCCCC.CCCCCC.CCCCCC.CCCCCC.CCCCCC.CCCCCC.CCCCCC.CCCCCC.O. The molecule has 0 spiro atoms. The van der Waals surface area contributed by atoms with Crippen molar-refractivity contribution in [3.8, 4) is 0 Å². The zero-order chi connectivity index (χ0) is 77.3. The first-order chi connectivity index (χ1) is 46.6. The fraction of sp³-hybridized carbons (Fsp3) is 1.00. The summed E-state index contributed by atoms with van der Waals surface area (Å²) >= 11 is 0. The monoisotopic (exact) mass is 1400 g/mol. The Morgan fingerprint density at radius 3 is 0.0928 bits per heavy atom. The molecule has 616 valence electrons. The summed E-state index contributed by atoms with van der Waals surface area (Å²) in [5, 5.41) is 0. The molecule has 1 heteroatoms. The van der Waals surface area contributed by atoms with Gasteiger partial charge in [0.15, 0.2) is 0 Å². The molecular weight excluding hydrogens is 1170 g/mol. The van der Waals surface area contributed by atoms with Crippen LogP contribution in [0.1, 0.15) is 632 Å². The van der Waals surface area contributed by atoms with Crippen molar-refractivity contribution in [1.29, 1.82) is 0 Å². The molecule has 1 nitrogen and oxygen atoms in total. The third-order valence-corrected chi connectivity index (χ3v) is 15.3. The summed E-state index contributed by atoms with van der Waals surface area (Å²) in [5.74, 6) is 0. The molecule has 0 bridgehead atoms. The maximum absolute atomic E-state index is 2.23. The van der Waals surface area contributed by atoms with Gasteiger partial charge in [-0.2, -0.15) is 0 Å². The molecule has 0 saturated carbocycles. The van der Waals surface area contributed by atoms with E-state index < -0.39 is 0 Å². The van der Waals surface area contributed by atoms with Crippen molar-refractivity contribution in [1.82, 2.24) is 0 Å². The lowest BCUT2D eigenvalue weighted by Crippen LogP contribution is -1.66. The number of unbranched alkanes of at least 4 members (excludes halogenated alkanes) is 48. The molecule has 0 heterocycles. The van der Waals surface area contributed by atoms with Crippen LogP contribution in [-0.4, -0.2) is 5.48 Å². The highest BCUT2D eigenvalue weighted by Gasteiger charge is 1.83. The third-order valence-electron chi connectivity index (χ3n) is 15.3. The molecule has 2 N–H and O–H groups in total. The van der Waals surface area contributed by atoms with Crippen LogP contribution in [0.4, 0.5) is 0 Å². The normalized spacial score (nSPS) is 8.91. The van der Waals surface area contributed by atoms with E-state index in [4.69, 9.17) is 0 Å². The van der Waals surface area contributed by atoms with Gasteiger partial charge in [0.05, 0.1) is 0 Å². The topological polar surface area (TPSA) is 31.5 Å². The molecule has 0 fully saturated rings. The number of hydrogen-bond acceptors (Lipinski definition) is 0. The first kappa shape index (κ1) is 140. The van der Waals surface area contributed by atoms with Crippen molar-refractivity contribution in [2.45, 2.75) is 632 Å². The second-order valence-corrected chi connectivity index (χ2v) is 27.3. The molecule has 0 aliphatic rings. The summed E-state index contributed by atoms with van der Waals surface area (Å²) in [6, 6.07) is 0. The van der Waals surface area contributed by atoms with E-state index in [-0.39, 0.29) is 5.48 Å². The molecular formula is C96H226O. The van der Waals surface area contributed by atoms with Crippen molar-refractivity contribution in [3.05, 3.63) is 0 Å². The van der Waals surface area contributed by atoms with E-state index >= 15 is 0 Å². The first-order valence-corrected chi connectivity index (χ1v) is 46.6. The molecule has 0 aromatic heterocycles. The van der Waals surface area contributed by atoms with Crippen LogP contribution in [0.2, 0.25) is 0 Å². The summed E-state index contributed by atoms with van der Waals surface area (Å²) in [6.07, 6.45) is 88.6. The second-order valence-electron chi connectivity index (χ2n) is 27.3. The second kappa shape index (κ2) is 212. The van der Waals surface area contributed by atoms with Crippen molar-refractivity contribution >= 4 is 0 Å². The highest BCUT2D eigenvalue weighted by molar-refractivity contribution is 4.39. The van der Waals surface area contributed by atoms with Crippen molar-refractivity contribution in [2.24, 2.45) is 0 Å². The Kier molecular flexibility index (Phi) is 305. The summed E-state index contributed by atoms with van der Waals surface area (Å²) in [5.41, 5.74) is 0. The van der Waals surface area contributed by atoms with Gasteiger partial charge >= 0.3 is 0 Å². The Morgan fingerprint density at radius 2 is 0.0825 bits per heavy atom. The quantitative estimate of drug-likeness (QED) is 0.0544. The molecule has 0 rings (SSSR count). The fourth-order valence-corrected chi connectivity index (χ4v) is 8.00. The lowest BCUT2D eigenvalue weighted by molar-refractivity contribution is 0.702. The highest BCUT2D eigenvalue weighted by atomic mass is 16.0. The summed E-state index contributed by atoms with van der Waals surface area (Å²) in [7, 11) is 0. The Morgan fingerprint density at radius 1 is 0.0619 bits per heavy atom. The van der Waals surface area contributed by atoms with Crippen LogP contribution in [0.5, 0.6) is 0 Å². The molecule has 97 heavy (non-hydrogen) atoms. The smallest absolute Gasteiger partial charge is 0.0536 e. The Labute approximate surface area is 634 Å². The van der Waals surface area contributed by atoms with Crippen molar-refractivity contribution in [3.63, 3.8) is 0 Å². The molecule has 0 aliphatic heterocycles. The van der Waals surface area contributed by atoms with Gasteiger partial charge in [0.2, 0.25) is 0 Å². The van der Waals surface area contributed by atoms with Crippen molar-refractivity contribution < 1.29 is 5.48 Å². The maximum Gasteiger partial charge on any atom is -0.0536 e. The van der Waals surface area contributed by atoms with Crippen LogP contribution in [-0.2, 0) is 0 Å². The van der Waals surface area contributed by atoms with Crippen LogP contribution in [0.15, 0.2) is 0 Å². The van der Waals surface area contributed by atoms with Gasteiger partial charge in [-0.25, -0.2) is 0 Å². The fourth-order valence-electron chi connectivity index (χ4n) is 8.00. The van der Waals surface area contributed by atoms with E-state index in [1.807, 2.05) is 0 Å². The van der Waals surface area contributed by atoms with E-state index in [1.54, 1.807) is 0 Å². The molecule has 0 unspecified atom stereocenters. The van der Waals surface area contributed by atoms with E-state index in [2.05, 4.69) is 222 Å². The van der Waals surface area contributed by atoms with E-state index in [0.717, 1.165) is 0 Å². The Balaban J connectivity index is -0.0000000469. The van der Waals surface area contributed by atoms with E-state index in [9.17, 15) is 0 Å². The van der Waals surface area contributed by atoms with Crippen LogP contribution in [0.25, 0.3) is 0 Å². The van der Waals surface area contributed by atoms with Gasteiger partial charge in [-0.15, -0.1) is 0 Å². The molecule has 0 aromatic rings. The molecule has 0 saturated heterocycles. The minimum absolute atomic E-state index is 0. The van der Waals surface area contributed by atoms with Gasteiger partial charge in [0, 0.05) is 0 Å². The summed E-state index contributed by atoms with van der Waals surface area (Å²) < 4.78 is 0. The zero-order valence-corrected chi connectivity index (χ0v) is 77.8. The number of hydrogen-bond donors (Lipinski definition) is 0. The predicted molar refractivity (Wildman–Crippen MR) is 481 cm³/mol. The third kappa shape index (κ3) is 368. The van der Waals surface area contributed by atoms with Crippen LogP contribution < -0.4 is 0 Å². The highest BCUT2D eigenvalue weighted by Crippen LogP contribution is 2.03. The van der Waals surface area contributed by atoms with E-state index in [0.29, 0.717) is 0 Å². The average Bonchev–Trinajstić information content (AvgIpc) is 3.62. The minimum atomic E-state index is 0. The zero-order valence-electron chi connectivity index (χ0n) is 77.8. The Bertz CT molecular complexity index is 456. The standard InChI is InChI=1S/16C6H14.H2O/c16*1-3-5-6-4-2;/h16*3-6H2,1-2H3;1H2. The van der Waals surface area contributed by atoms with Gasteiger partial charge < -0.3 is 5.48 Å². The number of rotatable bonds is 48. The molecule has 0 aliphatic carbocycles. The van der Waals surface area contributed by atoms with Crippen molar-refractivity contribution in [2.75, 3.05) is 0 Å². The lowest BCUT2D eigenvalue weighted by Gasteiger charge is -1.86. The average molecular weight is 1400 g/mol.